The molecule has 0 N–H and O–H groups in total. The lowest BCUT2D eigenvalue weighted by molar-refractivity contribution is -0.129. The fourth-order valence-corrected chi connectivity index (χ4v) is 3.11. The average Bonchev–Trinajstić information content (AvgIpc) is 3.20. The van der Waals surface area contributed by atoms with Gasteiger partial charge in [0.1, 0.15) is 11.9 Å². The third kappa shape index (κ3) is 2.46. The van der Waals surface area contributed by atoms with Gasteiger partial charge in [0.15, 0.2) is 11.5 Å². The highest BCUT2D eigenvalue weighted by Crippen LogP contribution is 2.44. The van der Waals surface area contributed by atoms with Gasteiger partial charge >= 0.3 is 0 Å². The zero-order valence-electron chi connectivity index (χ0n) is 14.3. The summed E-state index contributed by atoms with van der Waals surface area (Å²) in [7, 11) is 6.52. The van der Waals surface area contributed by atoms with E-state index < -0.39 is 0 Å². The second-order valence-corrected chi connectivity index (χ2v) is 5.60. The molecule has 1 aromatic heterocycles. The second-order valence-electron chi connectivity index (χ2n) is 5.60. The van der Waals surface area contributed by atoms with Crippen LogP contribution < -0.4 is 14.2 Å². The maximum atomic E-state index is 12.4. The van der Waals surface area contributed by atoms with E-state index in [-0.39, 0.29) is 11.9 Å². The van der Waals surface area contributed by atoms with Crippen LogP contribution >= 0.6 is 0 Å². The Hall–Kier alpha value is -2.70. The summed E-state index contributed by atoms with van der Waals surface area (Å²) in [5.41, 5.74) is 0.752. The minimum atomic E-state index is -0.245. The summed E-state index contributed by atoms with van der Waals surface area (Å²) >= 11 is 0. The van der Waals surface area contributed by atoms with Gasteiger partial charge in [-0.05, 0) is 18.6 Å². The van der Waals surface area contributed by atoms with Crippen LogP contribution in [0, 0.1) is 0 Å². The number of rotatable bonds is 5. The number of nitrogens with zero attached hydrogens (tertiary/aromatic N) is 3. The predicted molar refractivity (Wildman–Crippen MR) is 88.6 cm³/mol. The van der Waals surface area contributed by atoms with Crippen molar-refractivity contribution in [3.63, 3.8) is 0 Å². The molecule has 0 aliphatic carbocycles. The first-order valence-electron chi connectivity index (χ1n) is 7.69. The normalized spacial score (nSPS) is 17.2. The summed E-state index contributed by atoms with van der Waals surface area (Å²) in [5.74, 6) is 2.37. The number of amides is 1. The van der Waals surface area contributed by atoms with Crippen molar-refractivity contribution in [1.82, 2.24) is 14.5 Å². The van der Waals surface area contributed by atoms with Crippen molar-refractivity contribution in [2.75, 3.05) is 34.9 Å². The van der Waals surface area contributed by atoms with Gasteiger partial charge in [-0.3, -0.25) is 4.79 Å². The molecule has 2 aromatic rings. The fourth-order valence-electron chi connectivity index (χ4n) is 3.11. The molecule has 1 amide bonds. The lowest BCUT2D eigenvalue weighted by Crippen LogP contribution is -2.24. The third-order valence-electron chi connectivity index (χ3n) is 4.35. The van der Waals surface area contributed by atoms with Crippen LogP contribution in [0.25, 0.3) is 11.4 Å². The van der Waals surface area contributed by atoms with Crippen molar-refractivity contribution in [3.05, 3.63) is 24.5 Å². The number of imidazole rings is 1. The van der Waals surface area contributed by atoms with E-state index in [4.69, 9.17) is 14.2 Å². The van der Waals surface area contributed by atoms with E-state index in [0.29, 0.717) is 23.1 Å². The first-order valence-corrected chi connectivity index (χ1v) is 7.69. The molecule has 24 heavy (non-hydrogen) atoms. The highest BCUT2D eigenvalue weighted by molar-refractivity contribution is 5.83. The number of likely N-dealkylation sites (tertiary alicyclic amines) is 1. The molecule has 2 heterocycles. The van der Waals surface area contributed by atoms with E-state index in [2.05, 4.69) is 4.98 Å². The van der Waals surface area contributed by atoms with Crippen molar-refractivity contribution >= 4 is 5.91 Å². The number of carbonyl (C=O) groups is 1. The number of benzene rings is 1. The van der Waals surface area contributed by atoms with E-state index in [1.54, 1.807) is 38.5 Å². The summed E-state index contributed by atoms with van der Waals surface area (Å²) < 4.78 is 18.2. The largest absolute Gasteiger partial charge is 0.493 e. The highest BCUT2D eigenvalue weighted by Gasteiger charge is 2.32. The van der Waals surface area contributed by atoms with Crippen LogP contribution in [-0.2, 0) is 4.79 Å². The Bertz CT molecular complexity index is 756. The zero-order valence-corrected chi connectivity index (χ0v) is 14.3. The number of methoxy groups -OCH3 is 3. The molecule has 7 nitrogen and oxygen atoms in total. The molecule has 0 spiro atoms. The number of hydrogen-bond acceptors (Lipinski definition) is 5. The zero-order chi connectivity index (χ0) is 17.3. The number of ether oxygens (including phenoxy) is 3. The number of hydrogen-bond donors (Lipinski definition) is 0. The minimum absolute atomic E-state index is 0.0914. The Balaban J connectivity index is 2.11. The average molecular weight is 331 g/mol. The van der Waals surface area contributed by atoms with Gasteiger partial charge in [0.05, 0.1) is 26.9 Å². The van der Waals surface area contributed by atoms with E-state index in [1.807, 2.05) is 23.9 Å². The van der Waals surface area contributed by atoms with Gasteiger partial charge in [0.25, 0.3) is 0 Å². The van der Waals surface area contributed by atoms with Gasteiger partial charge in [-0.25, -0.2) is 4.98 Å². The van der Waals surface area contributed by atoms with Gasteiger partial charge in [0.2, 0.25) is 11.7 Å². The molecule has 1 aromatic carbocycles. The van der Waals surface area contributed by atoms with Gasteiger partial charge in [0, 0.05) is 26.0 Å². The van der Waals surface area contributed by atoms with E-state index in [0.717, 1.165) is 18.5 Å². The molecule has 128 valence electrons. The topological polar surface area (TPSA) is 65.8 Å². The molecule has 1 fully saturated rings. The van der Waals surface area contributed by atoms with Crippen molar-refractivity contribution in [1.29, 1.82) is 0 Å². The molecule has 0 radical (unpaired) electrons. The maximum Gasteiger partial charge on any atom is 0.245 e. The maximum absolute atomic E-state index is 12.4. The molecule has 1 saturated heterocycles. The molecule has 0 bridgehead atoms. The van der Waals surface area contributed by atoms with Crippen molar-refractivity contribution in [3.8, 4) is 28.6 Å². The lowest BCUT2D eigenvalue weighted by Gasteiger charge is -2.18. The first kappa shape index (κ1) is 16.2. The molecular weight excluding hydrogens is 310 g/mol. The van der Waals surface area contributed by atoms with Crippen molar-refractivity contribution in [2.45, 2.75) is 12.5 Å². The van der Waals surface area contributed by atoms with Crippen LogP contribution in [0.3, 0.4) is 0 Å². The molecule has 1 aliphatic rings. The minimum Gasteiger partial charge on any atom is -0.493 e. The van der Waals surface area contributed by atoms with Crippen LogP contribution in [0.4, 0.5) is 0 Å². The van der Waals surface area contributed by atoms with Crippen LogP contribution in [0.15, 0.2) is 24.5 Å². The van der Waals surface area contributed by atoms with Crippen molar-refractivity contribution < 1.29 is 19.0 Å². The number of likely N-dealkylation sites (N-methyl/N-ethyl adjacent to an activating group) is 1. The highest BCUT2D eigenvalue weighted by atomic mass is 16.5. The molecule has 1 aliphatic heterocycles. The van der Waals surface area contributed by atoms with Crippen LogP contribution in [0.5, 0.6) is 17.2 Å². The number of aromatic nitrogens is 2. The lowest BCUT2D eigenvalue weighted by atomic mass is 10.1. The Kier molecular flexibility index (Phi) is 4.33. The third-order valence-corrected chi connectivity index (χ3v) is 4.35. The summed E-state index contributed by atoms with van der Waals surface area (Å²) in [5, 5.41) is 0. The fraction of sp³-hybridized carbons (Fsp3) is 0.412. The molecule has 0 saturated carbocycles. The summed E-state index contributed by atoms with van der Waals surface area (Å²) in [6.07, 6.45) is 4.28. The molecule has 3 rings (SSSR count). The molecular formula is C17H21N3O4. The first-order chi connectivity index (χ1) is 11.6. The van der Waals surface area contributed by atoms with Gasteiger partial charge < -0.3 is 23.7 Å². The van der Waals surface area contributed by atoms with Gasteiger partial charge in [-0.15, -0.1) is 0 Å². The SMILES string of the molecule is COc1ccc(-c2nccn2C2CCN(C)C2=O)c(OC)c1OC. The standard InChI is InChI=1S/C17H21N3O4/c1-19-9-7-12(17(19)21)20-10-8-18-16(20)11-5-6-13(22-2)15(24-4)14(11)23-3/h5-6,8,10,12H,7,9H2,1-4H3. The second kappa shape index (κ2) is 6.43. The monoisotopic (exact) mass is 331 g/mol. The quantitative estimate of drug-likeness (QED) is 0.838. The van der Waals surface area contributed by atoms with E-state index in [9.17, 15) is 4.79 Å². The smallest absolute Gasteiger partial charge is 0.245 e. The molecule has 1 atom stereocenters. The van der Waals surface area contributed by atoms with Gasteiger partial charge in [-0.1, -0.05) is 0 Å². The van der Waals surface area contributed by atoms with E-state index in [1.165, 1.54) is 0 Å². The summed E-state index contributed by atoms with van der Waals surface area (Å²) in [6, 6.07) is 3.42. The van der Waals surface area contributed by atoms with Crippen LogP contribution in [-0.4, -0.2) is 55.3 Å². The van der Waals surface area contributed by atoms with E-state index >= 15 is 0 Å². The number of carbonyl (C=O) groups excluding carboxylic acids is 1. The van der Waals surface area contributed by atoms with Gasteiger partial charge in [-0.2, -0.15) is 0 Å². The molecule has 7 heteroatoms. The van der Waals surface area contributed by atoms with Crippen LogP contribution in [0.1, 0.15) is 12.5 Å². The Labute approximate surface area is 140 Å². The predicted octanol–water partition coefficient (Wildman–Crippen LogP) is 1.98. The Morgan fingerprint density at radius 3 is 2.46 bits per heavy atom. The summed E-state index contributed by atoms with van der Waals surface area (Å²) in [4.78, 5) is 18.5. The Morgan fingerprint density at radius 2 is 1.88 bits per heavy atom. The van der Waals surface area contributed by atoms with Crippen LogP contribution in [0.2, 0.25) is 0 Å². The van der Waals surface area contributed by atoms with Crippen molar-refractivity contribution in [2.24, 2.45) is 0 Å². The molecule has 1 unspecified atom stereocenters. The summed E-state index contributed by atoms with van der Waals surface area (Å²) in [6.45, 7) is 0.740. The Morgan fingerprint density at radius 1 is 1.12 bits per heavy atom.